The van der Waals surface area contributed by atoms with Crippen molar-refractivity contribution in [2.45, 2.75) is 38.6 Å². The zero-order valence-corrected chi connectivity index (χ0v) is 12.6. The molecule has 1 aliphatic rings. The van der Waals surface area contributed by atoms with Crippen LogP contribution in [0.5, 0.6) is 0 Å². The average Bonchev–Trinajstić information content (AvgIpc) is 2.89. The minimum Gasteiger partial charge on any atom is -0.389 e. The van der Waals surface area contributed by atoms with Gasteiger partial charge in [0.15, 0.2) is 0 Å². The molecule has 1 aliphatic carbocycles. The van der Waals surface area contributed by atoms with Crippen LogP contribution in [0.2, 0.25) is 0 Å². The predicted molar refractivity (Wildman–Crippen MR) is 85.9 cm³/mol. The molecular formula is C15H21N3OS. The van der Waals surface area contributed by atoms with Gasteiger partial charge in [0.1, 0.15) is 4.99 Å². The van der Waals surface area contributed by atoms with Gasteiger partial charge in [0.05, 0.1) is 12.2 Å². The van der Waals surface area contributed by atoms with Crippen LogP contribution in [-0.4, -0.2) is 23.5 Å². The van der Waals surface area contributed by atoms with E-state index in [4.69, 9.17) is 23.7 Å². The van der Waals surface area contributed by atoms with Gasteiger partial charge < -0.3 is 16.4 Å². The molecule has 0 heterocycles. The second-order valence-electron chi connectivity index (χ2n) is 5.37. The van der Waals surface area contributed by atoms with Gasteiger partial charge in [0, 0.05) is 11.6 Å². The maximum absolute atomic E-state index is 11.4. The summed E-state index contributed by atoms with van der Waals surface area (Å²) in [4.78, 5) is 13.9. The number of amides is 1. The van der Waals surface area contributed by atoms with Crippen LogP contribution in [0.4, 0.5) is 5.69 Å². The number of nitrogens with two attached hydrogens (primary N) is 2. The monoisotopic (exact) mass is 291 g/mol. The third kappa shape index (κ3) is 3.10. The zero-order valence-electron chi connectivity index (χ0n) is 11.8. The van der Waals surface area contributed by atoms with Gasteiger partial charge >= 0.3 is 0 Å². The summed E-state index contributed by atoms with van der Waals surface area (Å²) < 4.78 is 0. The number of carbonyl (C=O) groups excluding carboxylic acids is 1. The van der Waals surface area contributed by atoms with E-state index in [1.807, 2.05) is 25.1 Å². The highest BCUT2D eigenvalue weighted by Gasteiger charge is 2.27. The Hall–Kier alpha value is -1.62. The number of nitrogens with zero attached hydrogens (tertiary/aromatic N) is 1. The van der Waals surface area contributed by atoms with Crippen LogP contribution in [-0.2, 0) is 4.79 Å². The maximum atomic E-state index is 11.4. The lowest BCUT2D eigenvalue weighted by Crippen LogP contribution is -2.41. The molecule has 4 N–H and O–H groups in total. The van der Waals surface area contributed by atoms with E-state index in [2.05, 4.69) is 4.90 Å². The van der Waals surface area contributed by atoms with Crippen LogP contribution in [0.1, 0.15) is 36.8 Å². The van der Waals surface area contributed by atoms with Crippen LogP contribution in [0.3, 0.4) is 0 Å². The standard InChI is InChI=1S/C15H21N3OS/c1-10-5-4-8-12(15(17)20)14(10)18(9-13(16)19)11-6-2-3-7-11/h4-5,8,11H,2-3,6-7,9H2,1H3,(H2,16,19)(H2,17,20). The van der Waals surface area contributed by atoms with E-state index in [0.29, 0.717) is 11.0 Å². The van der Waals surface area contributed by atoms with Crippen LogP contribution < -0.4 is 16.4 Å². The van der Waals surface area contributed by atoms with E-state index in [1.54, 1.807) is 0 Å². The lowest BCUT2D eigenvalue weighted by Gasteiger charge is -2.33. The van der Waals surface area contributed by atoms with E-state index >= 15 is 0 Å². The van der Waals surface area contributed by atoms with Gasteiger partial charge in [-0.15, -0.1) is 0 Å². The maximum Gasteiger partial charge on any atom is 0.236 e. The van der Waals surface area contributed by atoms with Crippen molar-refractivity contribution >= 4 is 28.8 Å². The Morgan fingerprint density at radius 2 is 2.00 bits per heavy atom. The second kappa shape index (κ2) is 6.22. The summed E-state index contributed by atoms with van der Waals surface area (Å²) in [6, 6.07) is 6.20. The second-order valence-corrected chi connectivity index (χ2v) is 5.81. The molecule has 1 aromatic rings. The van der Waals surface area contributed by atoms with Crippen molar-refractivity contribution in [3.8, 4) is 0 Å². The first kappa shape index (κ1) is 14.8. The number of rotatable bonds is 5. The van der Waals surface area contributed by atoms with E-state index in [1.165, 1.54) is 12.8 Å². The lowest BCUT2D eigenvalue weighted by atomic mass is 10.0. The molecule has 5 heteroatoms. The summed E-state index contributed by atoms with van der Waals surface area (Å²) in [5, 5.41) is 0. The van der Waals surface area contributed by atoms with Crippen LogP contribution >= 0.6 is 12.2 Å². The number of carbonyl (C=O) groups is 1. The summed E-state index contributed by atoms with van der Waals surface area (Å²) >= 11 is 5.15. The first-order valence-corrected chi connectivity index (χ1v) is 7.36. The Kier molecular flexibility index (Phi) is 4.60. The molecule has 1 fully saturated rings. The summed E-state index contributed by atoms with van der Waals surface area (Å²) in [6.07, 6.45) is 4.54. The van der Waals surface area contributed by atoms with Crippen molar-refractivity contribution < 1.29 is 4.79 Å². The highest BCUT2D eigenvalue weighted by atomic mass is 32.1. The van der Waals surface area contributed by atoms with Gasteiger partial charge in [0.25, 0.3) is 0 Å². The van der Waals surface area contributed by atoms with Gasteiger partial charge in [-0.05, 0) is 31.4 Å². The topological polar surface area (TPSA) is 72.3 Å². The Labute approximate surface area is 125 Å². The number of para-hydroxylation sites is 1. The molecule has 0 atom stereocenters. The molecule has 4 nitrogen and oxygen atoms in total. The fourth-order valence-electron chi connectivity index (χ4n) is 3.01. The van der Waals surface area contributed by atoms with Crippen molar-refractivity contribution in [2.75, 3.05) is 11.4 Å². The fourth-order valence-corrected chi connectivity index (χ4v) is 3.18. The van der Waals surface area contributed by atoms with E-state index in [-0.39, 0.29) is 12.5 Å². The Balaban J connectivity index is 2.46. The zero-order chi connectivity index (χ0) is 14.7. The molecule has 1 aromatic carbocycles. The summed E-state index contributed by atoms with van der Waals surface area (Å²) in [7, 11) is 0. The Bertz CT molecular complexity index is 524. The SMILES string of the molecule is Cc1cccc(C(N)=S)c1N(CC(N)=O)C1CCCC1. The summed E-state index contributed by atoms with van der Waals surface area (Å²) in [6.45, 7) is 2.23. The number of thiocarbonyl (C=S) groups is 1. The van der Waals surface area contributed by atoms with Crippen LogP contribution in [0, 0.1) is 6.92 Å². The predicted octanol–water partition coefficient (Wildman–Crippen LogP) is 1.86. The molecule has 1 amide bonds. The molecule has 108 valence electrons. The molecule has 0 radical (unpaired) electrons. The minimum atomic E-state index is -0.325. The lowest BCUT2D eigenvalue weighted by molar-refractivity contribution is -0.116. The average molecular weight is 291 g/mol. The van der Waals surface area contributed by atoms with Gasteiger partial charge in [-0.3, -0.25) is 4.79 Å². The number of hydrogen-bond acceptors (Lipinski definition) is 3. The number of anilines is 1. The molecule has 2 rings (SSSR count). The number of hydrogen-bond donors (Lipinski definition) is 2. The Morgan fingerprint density at radius 3 is 2.55 bits per heavy atom. The molecule has 0 saturated heterocycles. The van der Waals surface area contributed by atoms with Gasteiger partial charge in [0.2, 0.25) is 5.91 Å². The van der Waals surface area contributed by atoms with Gasteiger partial charge in [-0.2, -0.15) is 0 Å². The summed E-state index contributed by atoms with van der Waals surface area (Å²) in [5.74, 6) is -0.325. The summed E-state index contributed by atoms with van der Waals surface area (Å²) in [5.41, 5.74) is 14.1. The Morgan fingerprint density at radius 1 is 1.35 bits per heavy atom. The number of benzene rings is 1. The van der Waals surface area contributed by atoms with Crippen molar-refractivity contribution in [1.29, 1.82) is 0 Å². The van der Waals surface area contributed by atoms with E-state index < -0.39 is 0 Å². The molecule has 0 aliphatic heterocycles. The normalized spacial score (nSPS) is 15.2. The number of primary amides is 1. The molecule has 0 spiro atoms. The van der Waals surface area contributed by atoms with Crippen LogP contribution in [0.25, 0.3) is 0 Å². The highest BCUT2D eigenvalue weighted by molar-refractivity contribution is 7.80. The van der Waals surface area contributed by atoms with Crippen molar-refractivity contribution in [2.24, 2.45) is 11.5 Å². The van der Waals surface area contributed by atoms with Crippen molar-refractivity contribution in [3.63, 3.8) is 0 Å². The fraction of sp³-hybridized carbons (Fsp3) is 0.467. The van der Waals surface area contributed by atoms with Crippen molar-refractivity contribution in [3.05, 3.63) is 29.3 Å². The van der Waals surface area contributed by atoms with Gasteiger partial charge in [-0.25, -0.2) is 0 Å². The number of aryl methyl sites for hydroxylation is 1. The highest BCUT2D eigenvalue weighted by Crippen LogP contribution is 2.32. The smallest absolute Gasteiger partial charge is 0.236 e. The largest absolute Gasteiger partial charge is 0.389 e. The molecule has 0 aromatic heterocycles. The molecule has 1 saturated carbocycles. The van der Waals surface area contributed by atoms with Crippen molar-refractivity contribution in [1.82, 2.24) is 0 Å². The van der Waals surface area contributed by atoms with E-state index in [9.17, 15) is 4.79 Å². The first-order chi connectivity index (χ1) is 9.50. The minimum absolute atomic E-state index is 0.213. The third-order valence-corrected chi connectivity index (χ3v) is 4.10. The molecular weight excluding hydrogens is 270 g/mol. The quantitative estimate of drug-likeness (QED) is 0.812. The third-order valence-electron chi connectivity index (χ3n) is 3.88. The molecule has 20 heavy (non-hydrogen) atoms. The first-order valence-electron chi connectivity index (χ1n) is 6.95. The molecule has 0 unspecified atom stereocenters. The van der Waals surface area contributed by atoms with Crippen LogP contribution in [0.15, 0.2) is 18.2 Å². The van der Waals surface area contributed by atoms with Gasteiger partial charge in [-0.1, -0.05) is 37.2 Å². The van der Waals surface area contributed by atoms with E-state index in [0.717, 1.165) is 29.7 Å². The molecule has 0 bridgehead atoms.